The van der Waals surface area contributed by atoms with E-state index in [9.17, 15) is 9.90 Å². The van der Waals surface area contributed by atoms with Crippen molar-refractivity contribution in [3.8, 4) is 22.8 Å². The second kappa shape index (κ2) is 7.16. The summed E-state index contributed by atoms with van der Waals surface area (Å²) >= 11 is 0. The highest BCUT2D eigenvalue weighted by Crippen LogP contribution is 2.40. The lowest BCUT2D eigenvalue weighted by molar-refractivity contribution is 0.0696. The fourth-order valence-electron chi connectivity index (χ4n) is 3.24. The van der Waals surface area contributed by atoms with Crippen LogP contribution in [0.5, 0.6) is 11.5 Å². The van der Waals surface area contributed by atoms with Crippen molar-refractivity contribution in [1.82, 2.24) is 4.98 Å². The first-order valence-electron chi connectivity index (χ1n) is 9.02. The Morgan fingerprint density at radius 2 is 1.61 bits per heavy atom. The minimum Gasteiger partial charge on any atom is -0.478 e. The zero-order valence-electron chi connectivity index (χ0n) is 15.6. The van der Waals surface area contributed by atoms with Crippen molar-refractivity contribution in [3.63, 3.8) is 0 Å². The third-order valence-corrected chi connectivity index (χ3v) is 4.88. The molecule has 0 bridgehead atoms. The second-order valence-electron chi connectivity index (χ2n) is 6.65. The van der Waals surface area contributed by atoms with Crippen LogP contribution in [0.4, 0.5) is 0 Å². The first kappa shape index (κ1) is 17.7. The first-order chi connectivity index (χ1) is 13.6. The number of carboxylic acids is 1. The maximum absolute atomic E-state index is 12.3. The van der Waals surface area contributed by atoms with Crippen LogP contribution < -0.4 is 4.74 Å². The molecular weight excluding hydrogens is 350 g/mol. The fraction of sp³-hybridized carbons (Fsp3) is 0.0833. The normalized spacial score (nSPS) is 10.8. The Balaban J connectivity index is 2.05. The monoisotopic (exact) mass is 369 g/mol. The summed E-state index contributed by atoms with van der Waals surface area (Å²) in [4.78, 5) is 17.0. The Hall–Kier alpha value is -3.66. The van der Waals surface area contributed by atoms with Crippen molar-refractivity contribution in [2.24, 2.45) is 0 Å². The summed E-state index contributed by atoms with van der Waals surface area (Å²) in [5.41, 5.74) is 4.08. The largest absolute Gasteiger partial charge is 0.478 e. The average molecular weight is 369 g/mol. The SMILES string of the molecule is Cc1cccc(Oc2c(-c3ccccc3)nc3ccccc3c2C(=O)O)c1C. The highest BCUT2D eigenvalue weighted by atomic mass is 16.5. The van der Waals surface area contributed by atoms with Gasteiger partial charge in [0.25, 0.3) is 0 Å². The highest BCUT2D eigenvalue weighted by Gasteiger charge is 2.23. The summed E-state index contributed by atoms with van der Waals surface area (Å²) < 4.78 is 6.23. The number of pyridine rings is 1. The molecule has 1 aromatic heterocycles. The molecule has 0 aliphatic heterocycles. The summed E-state index contributed by atoms with van der Waals surface area (Å²) in [5.74, 6) is -0.168. The summed E-state index contributed by atoms with van der Waals surface area (Å²) in [7, 11) is 0. The van der Waals surface area contributed by atoms with E-state index in [0.29, 0.717) is 22.3 Å². The topological polar surface area (TPSA) is 59.4 Å². The third kappa shape index (κ3) is 3.09. The van der Waals surface area contributed by atoms with E-state index in [1.807, 2.05) is 74.5 Å². The van der Waals surface area contributed by atoms with E-state index in [4.69, 9.17) is 9.72 Å². The maximum atomic E-state index is 12.3. The van der Waals surface area contributed by atoms with Gasteiger partial charge in [-0.3, -0.25) is 0 Å². The van der Waals surface area contributed by atoms with Crippen LogP contribution >= 0.6 is 0 Å². The molecule has 4 nitrogen and oxygen atoms in total. The second-order valence-corrected chi connectivity index (χ2v) is 6.65. The van der Waals surface area contributed by atoms with Crippen molar-refractivity contribution in [3.05, 3.63) is 89.5 Å². The molecule has 138 valence electrons. The molecule has 0 saturated carbocycles. The van der Waals surface area contributed by atoms with Gasteiger partial charge in [-0.1, -0.05) is 60.7 Å². The van der Waals surface area contributed by atoms with Gasteiger partial charge in [0.2, 0.25) is 0 Å². The van der Waals surface area contributed by atoms with Crippen molar-refractivity contribution in [2.75, 3.05) is 0 Å². The van der Waals surface area contributed by atoms with E-state index in [1.165, 1.54) is 0 Å². The molecular formula is C24H19NO3. The number of fused-ring (bicyclic) bond motifs is 1. The predicted octanol–water partition coefficient (Wildman–Crippen LogP) is 6.01. The van der Waals surface area contributed by atoms with Crippen LogP contribution in [0.25, 0.3) is 22.2 Å². The number of hydrogen-bond acceptors (Lipinski definition) is 3. The number of aromatic nitrogens is 1. The van der Waals surface area contributed by atoms with Gasteiger partial charge in [-0.2, -0.15) is 0 Å². The molecule has 0 unspecified atom stereocenters. The summed E-state index contributed by atoms with van der Waals surface area (Å²) in [6.45, 7) is 3.96. The van der Waals surface area contributed by atoms with E-state index < -0.39 is 5.97 Å². The van der Waals surface area contributed by atoms with Crippen LogP contribution in [0.3, 0.4) is 0 Å². The first-order valence-corrected chi connectivity index (χ1v) is 9.02. The van der Waals surface area contributed by atoms with E-state index in [1.54, 1.807) is 12.1 Å². The number of benzene rings is 3. The van der Waals surface area contributed by atoms with Gasteiger partial charge in [-0.25, -0.2) is 9.78 Å². The predicted molar refractivity (Wildman–Crippen MR) is 110 cm³/mol. The van der Waals surface area contributed by atoms with Gasteiger partial charge in [-0.05, 0) is 37.1 Å². The van der Waals surface area contributed by atoms with Gasteiger partial charge in [0.15, 0.2) is 5.75 Å². The molecule has 0 saturated heterocycles. The number of ether oxygens (including phenoxy) is 1. The van der Waals surface area contributed by atoms with E-state index >= 15 is 0 Å². The van der Waals surface area contributed by atoms with Gasteiger partial charge in [0.1, 0.15) is 17.0 Å². The van der Waals surface area contributed by atoms with Gasteiger partial charge >= 0.3 is 5.97 Å². The Labute approximate surface area is 163 Å². The molecule has 4 aromatic rings. The molecule has 4 heteroatoms. The summed E-state index contributed by atoms with van der Waals surface area (Å²) in [6, 6.07) is 22.5. The zero-order chi connectivity index (χ0) is 19.7. The molecule has 0 radical (unpaired) electrons. The van der Waals surface area contributed by atoms with Crippen molar-refractivity contribution >= 4 is 16.9 Å². The molecule has 0 spiro atoms. The quantitative estimate of drug-likeness (QED) is 0.479. The lowest BCUT2D eigenvalue weighted by Crippen LogP contribution is -2.06. The van der Waals surface area contributed by atoms with Gasteiger partial charge in [0.05, 0.1) is 5.52 Å². The van der Waals surface area contributed by atoms with Gasteiger partial charge in [-0.15, -0.1) is 0 Å². The number of hydrogen-bond donors (Lipinski definition) is 1. The molecule has 0 aliphatic carbocycles. The van der Waals surface area contributed by atoms with Gasteiger partial charge < -0.3 is 9.84 Å². The molecule has 0 fully saturated rings. The van der Waals surface area contributed by atoms with Crippen LogP contribution in [0, 0.1) is 13.8 Å². The molecule has 1 N–H and O–H groups in total. The van der Waals surface area contributed by atoms with E-state index in [-0.39, 0.29) is 11.3 Å². The lowest BCUT2D eigenvalue weighted by atomic mass is 10.0. The number of carboxylic acid groups (broad SMARTS) is 1. The molecule has 28 heavy (non-hydrogen) atoms. The number of aryl methyl sites for hydroxylation is 1. The molecule has 0 atom stereocenters. The van der Waals surface area contributed by atoms with E-state index in [2.05, 4.69) is 0 Å². The highest BCUT2D eigenvalue weighted by molar-refractivity contribution is 6.07. The smallest absolute Gasteiger partial charge is 0.340 e. The lowest BCUT2D eigenvalue weighted by Gasteiger charge is -2.17. The number of carbonyl (C=O) groups is 1. The molecule has 4 rings (SSSR count). The van der Waals surface area contributed by atoms with Crippen LogP contribution in [0.1, 0.15) is 21.5 Å². The number of rotatable bonds is 4. The molecule has 0 amide bonds. The summed E-state index contributed by atoms with van der Waals surface area (Å²) in [6.07, 6.45) is 0. The van der Waals surface area contributed by atoms with E-state index in [0.717, 1.165) is 16.7 Å². The standard InChI is InChI=1S/C24H19NO3/c1-15-9-8-14-20(16(15)2)28-23-21(24(26)27)18-12-6-7-13-19(18)25-22(23)17-10-4-3-5-11-17/h3-14H,1-2H3,(H,26,27). The van der Waals surface area contributed by atoms with Gasteiger partial charge in [0, 0.05) is 10.9 Å². The Kier molecular flexibility index (Phi) is 4.53. The zero-order valence-corrected chi connectivity index (χ0v) is 15.6. The van der Waals surface area contributed by atoms with Crippen LogP contribution in [0.2, 0.25) is 0 Å². The molecule has 0 aliphatic rings. The number of nitrogens with zero attached hydrogens (tertiary/aromatic N) is 1. The van der Waals surface area contributed by atoms with Crippen molar-refractivity contribution in [2.45, 2.75) is 13.8 Å². The summed E-state index contributed by atoms with van der Waals surface area (Å²) in [5, 5.41) is 10.6. The minimum absolute atomic E-state index is 0.116. The fourth-order valence-corrected chi connectivity index (χ4v) is 3.24. The maximum Gasteiger partial charge on any atom is 0.340 e. The van der Waals surface area contributed by atoms with Crippen LogP contribution in [0.15, 0.2) is 72.8 Å². The Bertz CT molecular complexity index is 1180. The van der Waals surface area contributed by atoms with Crippen molar-refractivity contribution < 1.29 is 14.6 Å². The molecule has 1 heterocycles. The van der Waals surface area contributed by atoms with Crippen molar-refractivity contribution in [1.29, 1.82) is 0 Å². The molecule has 3 aromatic carbocycles. The Morgan fingerprint density at radius 3 is 2.36 bits per heavy atom. The number of aromatic carboxylic acids is 1. The third-order valence-electron chi connectivity index (χ3n) is 4.88. The number of para-hydroxylation sites is 1. The Morgan fingerprint density at radius 1 is 0.893 bits per heavy atom. The minimum atomic E-state index is -1.05. The van der Waals surface area contributed by atoms with Crippen LogP contribution in [-0.4, -0.2) is 16.1 Å². The average Bonchev–Trinajstić information content (AvgIpc) is 2.71. The van der Waals surface area contributed by atoms with Crippen LogP contribution in [-0.2, 0) is 0 Å².